The number of amides is 1. The third kappa shape index (κ3) is 11.1. The van der Waals surface area contributed by atoms with Gasteiger partial charge in [-0.15, -0.1) is 11.8 Å². The van der Waals surface area contributed by atoms with Crippen LogP contribution in [-0.2, 0) is 21.8 Å². The Morgan fingerprint density at radius 3 is 2.49 bits per heavy atom. The first kappa shape index (κ1) is 33.7. The number of nitrogens with one attached hydrogen (secondary N) is 1. The van der Waals surface area contributed by atoms with Gasteiger partial charge in [0.15, 0.2) is 0 Å². The van der Waals surface area contributed by atoms with Crippen molar-refractivity contribution in [3.05, 3.63) is 96.6 Å². The van der Waals surface area contributed by atoms with E-state index in [9.17, 15) is 13.6 Å². The summed E-state index contributed by atoms with van der Waals surface area (Å²) in [5.41, 5.74) is 3.77. The van der Waals surface area contributed by atoms with Crippen LogP contribution in [-0.4, -0.2) is 41.9 Å². The molecule has 3 aromatic carbocycles. The molecule has 45 heavy (non-hydrogen) atoms. The second kappa shape index (κ2) is 18.0. The number of nitrogens with zero attached hydrogens (tertiary/aromatic N) is 2. The molecule has 0 spiro atoms. The molecular formula is C35H39F2N3O4S. The molecular weight excluding hydrogens is 596 g/mol. The maximum atomic E-state index is 13.1. The number of carbonyl (C=O) groups excluding carboxylic acids is 1. The Morgan fingerprint density at radius 1 is 0.978 bits per heavy atom. The van der Waals surface area contributed by atoms with Crippen molar-refractivity contribution in [3.63, 3.8) is 0 Å². The third-order valence-electron chi connectivity index (χ3n) is 6.74. The first-order valence-corrected chi connectivity index (χ1v) is 16.0. The molecule has 0 saturated carbocycles. The van der Waals surface area contributed by atoms with Crippen molar-refractivity contribution >= 4 is 29.4 Å². The predicted octanol–water partition coefficient (Wildman–Crippen LogP) is 8.70. The summed E-state index contributed by atoms with van der Waals surface area (Å²) in [6.45, 7) is 3.89. The molecule has 1 amide bonds. The predicted molar refractivity (Wildman–Crippen MR) is 176 cm³/mol. The molecule has 4 rings (SSSR count). The molecule has 1 aromatic heterocycles. The molecule has 1 heterocycles. The lowest BCUT2D eigenvalue weighted by Crippen LogP contribution is -2.08. The van der Waals surface area contributed by atoms with Crippen LogP contribution >= 0.6 is 11.8 Å². The molecule has 0 fully saturated rings. The normalized spacial score (nSPS) is 11.3. The molecule has 0 unspecified atom stereocenters. The molecule has 0 aliphatic heterocycles. The first-order chi connectivity index (χ1) is 21.9. The molecule has 10 heteroatoms. The Balaban J connectivity index is 1.35. The number of imidazole rings is 1. The molecule has 1 N–H and O–H groups in total. The molecule has 0 saturated heterocycles. The standard InChI is InChI=1S/C35H39F2N3O4S/c1-3-5-19-42-20-21-43-31-12-6-26(7-13-31)27-8-16-33(44-35(36)37)28(22-27)9-17-34(41)39-29-10-14-32(15-11-29)45-24-30-23-38-25-40(30)18-4-2/h6-17,22-23,25,35H,3-5,18-21,24H2,1-2H3,(H,39,41)/b17-9+. The minimum atomic E-state index is -3.00. The fraction of sp³-hybridized carbons (Fsp3) is 0.314. The van der Waals surface area contributed by atoms with Gasteiger partial charge in [-0.2, -0.15) is 8.78 Å². The zero-order valence-electron chi connectivity index (χ0n) is 25.6. The van der Waals surface area contributed by atoms with Gasteiger partial charge in [-0.3, -0.25) is 4.79 Å². The maximum Gasteiger partial charge on any atom is 0.387 e. The number of hydrogen-bond acceptors (Lipinski definition) is 6. The number of benzene rings is 3. The smallest absolute Gasteiger partial charge is 0.387 e. The van der Waals surface area contributed by atoms with Crippen molar-refractivity contribution in [3.8, 4) is 22.6 Å². The van der Waals surface area contributed by atoms with E-state index in [1.54, 1.807) is 23.9 Å². The van der Waals surface area contributed by atoms with Gasteiger partial charge in [0.25, 0.3) is 0 Å². The lowest BCUT2D eigenvalue weighted by atomic mass is 10.0. The minimum Gasteiger partial charge on any atom is -0.491 e. The highest BCUT2D eigenvalue weighted by atomic mass is 32.2. The summed E-state index contributed by atoms with van der Waals surface area (Å²) in [6.07, 6.45) is 9.67. The quantitative estimate of drug-likeness (QED) is 0.0670. The highest BCUT2D eigenvalue weighted by Gasteiger charge is 2.11. The van der Waals surface area contributed by atoms with Crippen LogP contribution in [0, 0.1) is 0 Å². The lowest BCUT2D eigenvalue weighted by Gasteiger charge is -2.11. The lowest BCUT2D eigenvalue weighted by molar-refractivity contribution is -0.111. The number of alkyl halides is 2. The van der Waals surface area contributed by atoms with E-state index in [-0.39, 0.29) is 5.75 Å². The van der Waals surface area contributed by atoms with E-state index in [0.717, 1.165) is 59.9 Å². The second-order valence-electron chi connectivity index (χ2n) is 10.2. The van der Waals surface area contributed by atoms with Crippen LogP contribution < -0.4 is 14.8 Å². The number of ether oxygens (including phenoxy) is 3. The van der Waals surface area contributed by atoms with Gasteiger partial charge in [0.05, 0.1) is 12.9 Å². The highest BCUT2D eigenvalue weighted by molar-refractivity contribution is 7.98. The number of aryl methyl sites for hydroxylation is 1. The van der Waals surface area contributed by atoms with Crippen molar-refractivity contribution in [2.24, 2.45) is 0 Å². The molecule has 7 nitrogen and oxygen atoms in total. The van der Waals surface area contributed by atoms with Crippen molar-refractivity contribution < 1.29 is 27.8 Å². The number of anilines is 1. The number of aromatic nitrogens is 2. The van der Waals surface area contributed by atoms with Crippen LogP contribution in [0.1, 0.15) is 44.4 Å². The molecule has 4 aromatic rings. The molecule has 0 radical (unpaired) electrons. The third-order valence-corrected chi connectivity index (χ3v) is 7.78. The SMILES string of the molecule is CCCCOCCOc1ccc(-c2ccc(OC(F)F)c(/C=C/C(=O)Nc3ccc(SCc4cncn4CCC)cc3)c2)cc1. The number of carbonyl (C=O) groups is 1. The number of thioether (sulfide) groups is 1. The van der Waals surface area contributed by atoms with Gasteiger partial charge < -0.3 is 24.1 Å². The summed E-state index contributed by atoms with van der Waals surface area (Å²) in [5.74, 6) is 1.08. The number of rotatable bonds is 18. The number of unbranched alkanes of at least 4 members (excludes halogenated alkanes) is 1. The van der Waals surface area contributed by atoms with Gasteiger partial charge in [0.1, 0.15) is 18.1 Å². The highest BCUT2D eigenvalue weighted by Crippen LogP contribution is 2.30. The van der Waals surface area contributed by atoms with Gasteiger partial charge in [-0.05, 0) is 78.6 Å². The van der Waals surface area contributed by atoms with Crippen LogP contribution in [0.15, 0.2) is 90.2 Å². The van der Waals surface area contributed by atoms with Gasteiger partial charge in [-0.25, -0.2) is 4.98 Å². The largest absolute Gasteiger partial charge is 0.491 e. The molecule has 0 aliphatic rings. The number of hydrogen-bond donors (Lipinski definition) is 1. The van der Waals surface area contributed by atoms with E-state index < -0.39 is 12.5 Å². The Labute approximate surface area is 267 Å². The van der Waals surface area contributed by atoms with Crippen molar-refractivity contribution in [2.75, 3.05) is 25.1 Å². The van der Waals surface area contributed by atoms with Crippen molar-refractivity contribution in [1.82, 2.24) is 9.55 Å². The van der Waals surface area contributed by atoms with Crippen LogP contribution in [0.3, 0.4) is 0 Å². The Kier molecular flexibility index (Phi) is 13.5. The van der Waals surface area contributed by atoms with Crippen LogP contribution in [0.25, 0.3) is 17.2 Å². The summed E-state index contributed by atoms with van der Waals surface area (Å²) in [7, 11) is 0. The zero-order chi connectivity index (χ0) is 31.9. The van der Waals surface area contributed by atoms with Gasteiger partial charge in [0.2, 0.25) is 5.91 Å². The summed E-state index contributed by atoms with van der Waals surface area (Å²) in [5, 5.41) is 2.82. The summed E-state index contributed by atoms with van der Waals surface area (Å²) < 4.78 is 44.3. The van der Waals surface area contributed by atoms with E-state index in [4.69, 9.17) is 14.2 Å². The molecule has 0 bridgehead atoms. The van der Waals surface area contributed by atoms with Crippen LogP contribution in [0.5, 0.6) is 11.5 Å². The first-order valence-electron chi connectivity index (χ1n) is 15.1. The summed E-state index contributed by atoms with van der Waals surface area (Å²) in [6, 6.07) is 19.9. The van der Waals surface area contributed by atoms with E-state index in [1.165, 1.54) is 18.2 Å². The van der Waals surface area contributed by atoms with Gasteiger partial charge in [-0.1, -0.05) is 38.5 Å². The fourth-order valence-corrected chi connectivity index (χ4v) is 5.31. The van der Waals surface area contributed by atoms with E-state index in [0.29, 0.717) is 30.2 Å². The van der Waals surface area contributed by atoms with Crippen molar-refractivity contribution in [1.29, 1.82) is 0 Å². The monoisotopic (exact) mass is 635 g/mol. The van der Waals surface area contributed by atoms with Gasteiger partial charge >= 0.3 is 6.61 Å². The average Bonchev–Trinajstić information content (AvgIpc) is 3.49. The van der Waals surface area contributed by atoms with Crippen LogP contribution in [0.4, 0.5) is 14.5 Å². The van der Waals surface area contributed by atoms with Crippen LogP contribution in [0.2, 0.25) is 0 Å². The van der Waals surface area contributed by atoms with Gasteiger partial charge in [0, 0.05) is 53.0 Å². The molecule has 0 aliphatic carbocycles. The summed E-state index contributed by atoms with van der Waals surface area (Å²) >= 11 is 1.69. The Bertz CT molecular complexity index is 1510. The topological polar surface area (TPSA) is 74.6 Å². The van der Waals surface area contributed by atoms with Crippen molar-refractivity contribution in [2.45, 2.75) is 56.9 Å². The zero-order valence-corrected chi connectivity index (χ0v) is 26.4. The molecule has 0 atom stereocenters. The maximum absolute atomic E-state index is 13.1. The summed E-state index contributed by atoms with van der Waals surface area (Å²) in [4.78, 5) is 18.0. The average molecular weight is 636 g/mol. The fourth-order valence-electron chi connectivity index (χ4n) is 4.42. The Morgan fingerprint density at radius 2 is 1.76 bits per heavy atom. The Hall–Kier alpha value is -4.15. The van der Waals surface area contributed by atoms with E-state index >= 15 is 0 Å². The second-order valence-corrected chi connectivity index (χ2v) is 11.2. The number of halogens is 2. The molecule has 238 valence electrons. The van der Waals surface area contributed by atoms with E-state index in [2.05, 4.69) is 28.7 Å². The van der Waals surface area contributed by atoms with E-state index in [1.807, 2.05) is 61.1 Å². The minimum absolute atomic E-state index is 0.0255.